The Morgan fingerprint density at radius 3 is 2.07 bits per heavy atom. The van der Waals surface area contributed by atoms with Crippen LogP contribution in [0.5, 0.6) is 0 Å². The van der Waals surface area contributed by atoms with Crippen LogP contribution in [0.1, 0.15) is 60.6 Å². The second kappa shape index (κ2) is 13.4. The first-order chi connectivity index (χ1) is 20.4. The number of hydrogen-bond acceptors (Lipinski definition) is 11. The van der Waals surface area contributed by atoms with Crippen LogP contribution in [-0.2, 0) is 29.3 Å². The third kappa shape index (κ3) is 7.55. The lowest BCUT2D eigenvalue weighted by Gasteiger charge is -2.17. The first-order valence-corrected chi connectivity index (χ1v) is 17.5. The van der Waals surface area contributed by atoms with Crippen LogP contribution in [0.15, 0.2) is 39.8 Å². The van der Waals surface area contributed by atoms with Gasteiger partial charge in [0.25, 0.3) is 11.5 Å². The third-order valence-corrected chi connectivity index (χ3v) is 10.9. The van der Waals surface area contributed by atoms with Crippen molar-refractivity contribution in [2.24, 2.45) is 5.10 Å². The lowest BCUT2D eigenvalue weighted by molar-refractivity contribution is -0.127. The van der Waals surface area contributed by atoms with Crippen LogP contribution >= 0.6 is 0 Å². The number of amides is 1. The van der Waals surface area contributed by atoms with E-state index < -0.39 is 54.8 Å². The molecule has 0 spiro atoms. The maximum atomic E-state index is 13.2. The average molecular weight is 639 g/mol. The zero-order valence-electron chi connectivity index (χ0n) is 23.3. The van der Waals surface area contributed by atoms with Crippen LogP contribution in [0.25, 0.3) is 6.08 Å². The highest BCUT2D eigenvalue weighted by Crippen LogP contribution is 2.26. The summed E-state index contributed by atoms with van der Waals surface area (Å²) in [6.07, 6.45) is 7.70. The van der Waals surface area contributed by atoms with Gasteiger partial charge in [0.15, 0.2) is 31.2 Å². The number of hydrazone groups is 1. The van der Waals surface area contributed by atoms with Crippen LogP contribution in [0.3, 0.4) is 0 Å². The van der Waals surface area contributed by atoms with Crippen molar-refractivity contribution in [3.8, 4) is 0 Å². The molecule has 0 bridgehead atoms. The summed E-state index contributed by atoms with van der Waals surface area (Å²) >= 11 is 0. The van der Waals surface area contributed by atoms with Gasteiger partial charge in [-0.3, -0.25) is 24.3 Å². The van der Waals surface area contributed by atoms with Gasteiger partial charge in [-0.05, 0) is 37.8 Å². The molecule has 0 radical (unpaired) electrons. The number of rotatable bonds is 13. The SMILES string of the molecule is O=C(CCCO)C1=NN(C2CCS(=O)(=O)C2)C(=O)C1=CC=CC=Cc1c(C(=O)CCCO)[nH]n(C2CCS(=O)(=O)C2)c1=O. The molecule has 0 aliphatic carbocycles. The minimum absolute atomic E-state index is 0.0107. The Hall–Kier alpha value is -3.47. The van der Waals surface area contributed by atoms with Gasteiger partial charge in [0, 0.05) is 26.1 Å². The number of nitrogens with zero attached hydrogens (tertiary/aromatic N) is 3. The monoisotopic (exact) mass is 638 g/mol. The highest BCUT2D eigenvalue weighted by atomic mass is 32.2. The Morgan fingerprint density at radius 2 is 1.49 bits per heavy atom. The van der Waals surface area contributed by atoms with Crippen LogP contribution in [0, 0.1) is 0 Å². The topological polar surface area (TPSA) is 213 Å². The number of sulfone groups is 2. The van der Waals surface area contributed by atoms with Crippen molar-refractivity contribution in [2.75, 3.05) is 36.2 Å². The predicted molar refractivity (Wildman–Crippen MR) is 157 cm³/mol. The Balaban J connectivity index is 1.59. The lowest BCUT2D eigenvalue weighted by atomic mass is 10.0. The van der Waals surface area contributed by atoms with Gasteiger partial charge in [-0.25, -0.2) is 26.5 Å². The van der Waals surface area contributed by atoms with E-state index in [1.807, 2.05) is 0 Å². The van der Waals surface area contributed by atoms with Gasteiger partial charge in [0.2, 0.25) is 0 Å². The molecule has 3 aliphatic rings. The number of hydrogen-bond donors (Lipinski definition) is 3. The molecule has 4 heterocycles. The molecular weight excluding hydrogens is 604 g/mol. The molecule has 14 nitrogen and oxygen atoms in total. The van der Waals surface area contributed by atoms with Crippen molar-refractivity contribution in [3.63, 3.8) is 0 Å². The van der Waals surface area contributed by atoms with Crippen molar-refractivity contribution in [1.29, 1.82) is 0 Å². The van der Waals surface area contributed by atoms with E-state index in [0.717, 1.165) is 9.69 Å². The summed E-state index contributed by atoms with van der Waals surface area (Å²) in [6, 6.07) is -1.34. The summed E-state index contributed by atoms with van der Waals surface area (Å²) in [4.78, 5) is 51.8. The molecular formula is C27H34N4O10S2. The Morgan fingerprint density at radius 1 is 0.884 bits per heavy atom. The maximum absolute atomic E-state index is 13.2. The molecule has 0 aromatic carbocycles. The van der Waals surface area contributed by atoms with Gasteiger partial charge in [-0.1, -0.05) is 18.2 Å². The Bertz CT molecular complexity index is 1680. The molecule has 4 rings (SSSR count). The molecule has 2 unspecified atom stereocenters. The van der Waals surface area contributed by atoms with Crippen LogP contribution < -0.4 is 5.56 Å². The highest BCUT2D eigenvalue weighted by molar-refractivity contribution is 7.91. The van der Waals surface area contributed by atoms with E-state index in [4.69, 9.17) is 10.2 Å². The largest absolute Gasteiger partial charge is 0.396 e. The van der Waals surface area contributed by atoms with Crippen molar-refractivity contribution >= 4 is 48.9 Å². The molecule has 234 valence electrons. The number of H-pyrrole nitrogens is 1. The van der Waals surface area contributed by atoms with Crippen LogP contribution in [-0.4, -0.2) is 107 Å². The number of carbonyl (C=O) groups is 3. The zero-order valence-corrected chi connectivity index (χ0v) is 25.0. The summed E-state index contributed by atoms with van der Waals surface area (Å²) in [5.74, 6) is -2.17. The van der Waals surface area contributed by atoms with Crippen molar-refractivity contribution < 1.29 is 41.4 Å². The molecule has 1 amide bonds. The fourth-order valence-corrected chi connectivity index (χ4v) is 8.56. The fraction of sp³-hybridized carbons (Fsp3) is 0.519. The number of nitrogens with one attached hydrogen (secondary N) is 1. The minimum Gasteiger partial charge on any atom is -0.396 e. The molecule has 2 atom stereocenters. The van der Waals surface area contributed by atoms with Gasteiger partial charge in [0.1, 0.15) is 11.4 Å². The van der Waals surface area contributed by atoms with E-state index in [1.165, 1.54) is 30.4 Å². The molecule has 3 aliphatic heterocycles. The van der Waals surface area contributed by atoms with Gasteiger partial charge in [-0.2, -0.15) is 5.10 Å². The standard InChI is InChI=1S/C27H34N4O10S2/c32-12-4-8-22(34)24-20(26(36)30(28-24)18-10-14-42(38,39)16-18)6-2-1-3-7-21-25(23(35)9-5-13-33)29-31(27(21)37)19-11-15-43(40,41)17-19/h1-3,6-7,18-19,28,32-33H,4-5,8-17H2. The number of aromatic nitrogens is 2. The quantitative estimate of drug-likeness (QED) is 0.146. The number of aromatic amines is 1. The smallest absolute Gasteiger partial charge is 0.276 e. The molecule has 1 aromatic heterocycles. The molecule has 16 heteroatoms. The number of aliphatic hydroxyl groups is 2. The van der Waals surface area contributed by atoms with Crippen LogP contribution in [0.4, 0.5) is 0 Å². The summed E-state index contributed by atoms with van der Waals surface area (Å²) in [7, 11) is -6.63. The van der Waals surface area contributed by atoms with E-state index >= 15 is 0 Å². The lowest BCUT2D eigenvalue weighted by Crippen LogP contribution is -2.34. The Labute approximate surface area is 248 Å². The molecule has 43 heavy (non-hydrogen) atoms. The molecule has 1 aromatic rings. The van der Waals surface area contributed by atoms with E-state index in [0.29, 0.717) is 0 Å². The summed E-state index contributed by atoms with van der Waals surface area (Å²) in [5.41, 5.74) is -0.745. The van der Waals surface area contributed by atoms with Gasteiger partial charge >= 0.3 is 0 Å². The van der Waals surface area contributed by atoms with E-state index in [9.17, 15) is 36.0 Å². The summed E-state index contributed by atoms with van der Waals surface area (Å²) < 4.78 is 49.0. The Kier molecular flexibility index (Phi) is 10.1. The van der Waals surface area contributed by atoms with Gasteiger partial charge < -0.3 is 10.2 Å². The van der Waals surface area contributed by atoms with E-state index in [1.54, 1.807) is 0 Å². The first kappa shape index (κ1) is 32.4. The van der Waals surface area contributed by atoms with Crippen molar-refractivity contribution in [2.45, 2.75) is 50.6 Å². The van der Waals surface area contributed by atoms with Crippen LogP contribution in [0.2, 0.25) is 0 Å². The number of allylic oxidation sites excluding steroid dienone is 4. The molecule has 3 N–H and O–H groups in total. The number of Topliss-reactive ketones (excluding diaryl/α,β-unsaturated/α-hetero) is 2. The summed E-state index contributed by atoms with van der Waals surface area (Å²) in [6.45, 7) is -0.455. The molecule has 2 fully saturated rings. The third-order valence-electron chi connectivity index (χ3n) is 7.39. The second-order valence-corrected chi connectivity index (χ2v) is 15.1. The average Bonchev–Trinajstić information content (AvgIpc) is 3.69. The second-order valence-electron chi connectivity index (χ2n) is 10.6. The summed E-state index contributed by atoms with van der Waals surface area (Å²) in [5, 5.41) is 26.2. The predicted octanol–water partition coefficient (Wildman–Crippen LogP) is -0.286. The molecule has 0 saturated carbocycles. The van der Waals surface area contributed by atoms with Crippen molar-refractivity contribution in [3.05, 3.63) is 51.5 Å². The number of aliphatic hydroxyl groups excluding tert-OH is 2. The highest BCUT2D eigenvalue weighted by Gasteiger charge is 2.41. The number of ketones is 2. The zero-order chi connectivity index (χ0) is 31.4. The maximum Gasteiger partial charge on any atom is 0.276 e. The van der Waals surface area contributed by atoms with Gasteiger partial charge in [-0.15, -0.1) is 0 Å². The first-order valence-electron chi connectivity index (χ1n) is 13.9. The number of carbonyl (C=O) groups excluding carboxylic acids is 3. The fourth-order valence-electron chi connectivity index (χ4n) is 5.17. The molecule has 2 saturated heterocycles. The minimum atomic E-state index is -3.32. The van der Waals surface area contributed by atoms with E-state index in [-0.39, 0.29) is 97.3 Å². The van der Waals surface area contributed by atoms with E-state index in [2.05, 4.69) is 10.2 Å². The van der Waals surface area contributed by atoms with Gasteiger partial charge in [0.05, 0.1) is 46.2 Å². The normalized spacial score (nSPS) is 24.1. The van der Waals surface area contributed by atoms with Crippen molar-refractivity contribution in [1.82, 2.24) is 14.8 Å².